The van der Waals surface area contributed by atoms with E-state index in [1.165, 1.54) is 12.1 Å². The first-order valence-corrected chi connectivity index (χ1v) is 5.15. The molecule has 0 amide bonds. The molecule has 0 saturated heterocycles. The van der Waals surface area contributed by atoms with Crippen LogP contribution in [-0.4, -0.2) is 5.51 Å². The zero-order valence-electron chi connectivity index (χ0n) is 8.43. The number of rotatable bonds is 2. The zero-order chi connectivity index (χ0) is 11.7. The van der Waals surface area contributed by atoms with Crippen molar-refractivity contribution in [1.82, 2.24) is 0 Å². The van der Waals surface area contributed by atoms with Crippen LogP contribution in [0.1, 0.15) is 19.4 Å². The highest BCUT2D eigenvalue weighted by atomic mass is 32.2. The van der Waals surface area contributed by atoms with Crippen molar-refractivity contribution in [2.45, 2.75) is 29.8 Å². The Labute approximate surface area is 90.9 Å². The molecular formula is C10H12F3NS. The van der Waals surface area contributed by atoms with Crippen molar-refractivity contribution < 1.29 is 13.2 Å². The Bertz CT molecular complexity index is 324. The van der Waals surface area contributed by atoms with Crippen LogP contribution in [0.3, 0.4) is 0 Å². The molecule has 0 aliphatic rings. The lowest BCUT2D eigenvalue weighted by atomic mass is 9.96. The predicted octanol–water partition coefficient (Wildman–Crippen LogP) is 3.49. The van der Waals surface area contributed by atoms with E-state index < -0.39 is 11.0 Å². The molecule has 0 fully saturated rings. The SMILES string of the molecule is CC(C)(N)c1ccc(SC(F)(F)F)cc1. The average Bonchev–Trinajstić information content (AvgIpc) is 2.00. The van der Waals surface area contributed by atoms with Crippen LogP contribution in [0.15, 0.2) is 29.2 Å². The highest BCUT2D eigenvalue weighted by molar-refractivity contribution is 8.00. The third-order valence-corrected chi connectivity index (χ3v) is 2.57. The van der Waals surface area contributed by atoms with Crippen molar-refractivity contribution in [3.63, 3.8) is 0 Å². The van der Waals surface area contributed by atoms with Gasteiger partial charge in [-0.05, 0) is 43.3 Å². The molecule has 1 aromatic rings. The summed E-state index contributed by atoms with van der Waals surface area (Å²) in [5.74, 6) is 0. The third kappa shape index (κ3) is 4.13. The zero-order valence-corrected chi connectivity index (χ0v) is 9.25. The molecule has 0 aromatic heterocycles. The Kier molecular flexibility index (Phi) is 3.35. The number of alkyl halides is 3. The van der Waals surface area contributed by atoms with Gasteiger partial charge in [0.15, 0.2) is 0 Å². The molecule has 0 spiro atoms. The second-order valence-corrected chi connectivity index (χ2v) is 4.93. The highest BCUT2D eigenvalue weighted by Crippen LogP contribution is 2.37. The van der Waals surface area contributed by atoms with Gasteiger partial charge in [0.25, 0.3) is 0 Å². The molecule has 0 radical (unpaired) electrons. The van der Waals surface area contributed by atoms with Gasteiger partial charge >= 0.3 is 5.51 Å². The summed E-state index contributed by atoms with van der Waals surface area (Å²) in [6.45, 7) is 3.61. The molecule has 0 heterocycles. The van der Waals surface area contributed by atoms with Crippen LogP contribution >= 0.6 is 11.8 Å². The summed E-state index contributed by atoms with van der Waals surface area (Å²) in [7, 11) is 0. The fraction of sp³-hybridized carbons (Fsp3) is 0.400. The maximum atomic E-state index is 12.0. The lowest BCUT2D eigenvalue weighted by Gasteiger charge is -2.19. The van der Waals surface area contributed by atoms with Crippen molar-refractivity contribution in [3.05, 3.63) is 29.8 Å². The van der Waals surface area contributed by atoms with Gasteiger partial charge in [0.05, 0.1) is 0 Å². The molecule has 0 saturated carbocycles. The number of thioether (sulfide) groups is 1. The minimum absolute atomic E-state index is 0.121. The number of benzene rings is 1. The standard InChI is InChI=1S/C10H12F3NS/c1-9(2,14)7-3-5-8(6-4-7)15-10(11,12)13/h3-6H,14H2,1-2H3. The van der Waals surface area contributed by atoms with Crippen molar-refractivity contribution in [2.75, 3.05) is 0 Å². The summed E-state index contributed by atoms with van der Waals surface area (Å²) in [6, 6.07) is 6.10. The van der Waals surface area contributed by atoms with Gasteiger partial charge < -0.3 is 5.73 Å². The summed E-state index contributed by atoms with van der Waals surface area (Å²) in [5.41, 5.74) is 1.86. The topological polar surface area (TPSA) is 26.0 Å². The number of hydrogen-bond donors (Lipinski definition) is 1. The number of nitrogens with two attached hydrogens (primary N) is 1. The van der Waals surface area contributed by atoms with Gasteiger partial charge in [0.1, 0.15) is 0 Å². The van der Waals surface area contributed by atoms with Gasteiger partial charge in [-0.15, -0.1) is 0 Å². The summed E-state index contributed by atoms with van der Waals surface area (Å²) in [5, 5.41) is 0. The van der Waals surface area contributed by atoms with Crippen LogP contribution in [0.25, 0.3) is 0 Å². The van der Waals surface area contributed by atoms with E-state index in [1.54, 1.807) is 26.0 Å². The largest absolute Gasteiger partial charge is 0.446 e. The summed E-state index contributed by atoms with van der Waals surface area (Å²) < 4.78 is 36.0. The number of hydrogen-bond acceptors (Lipinski definition) is 2. The van der Waals surface area contributed by atoms with Crippen molar-refractivity contribution in [1.29, 1.82) is 0 Å². The highest BCUT2D eigenvalue weighted by Gasteiger charge is 2.29. The van der Waals surface area contributed by atoms with E-state index in [4.69, 9.17) is 5.73 Å². The molecule has 0 aliphatic carbocycles. The van der Waals surface area contributed by atoms with Gasteiger partial charge in [0.2, 0.25) is 0 Å². The van der Waals surface area contributed by atoms with Gasteiger partial charge in [-0.25, -0.2) is 0 Å². The van der Waals surface area contributed by atoms with Crippen molar-refractivity contribution in [3.8, 4) is 0 Å². The van der Waals surface area contributed by atoms with Crippen LogP contribution in [0.5, 0.6) is 0 Å². The van der Waals surface area contributed by atoms with Crippen molar-refractivity contribution in [2.24, 2.45) is 5.73 Å². The molecule has 0 unspecified atom stereocenters. The van der Waals surface area contributed by atoms with Crippen LogP contribution < -0.4 is 5.73 Å². The molecule has 0 atom stereocenters. The Hall–Kier alpha value is -0.680. The minimum Gasteiger partial charge on any atom is -0.322 e. The van der Waals surface area contributed by atoms with Crippen LogP contribution in [0, 0.1) is 0 Å². The van der Waals surface area contributed by atoms with E-state index in [0.29, 0.717) is 0 Å². The molecule has 0 bridgehead atoms. The van der Waals surface area contributed by atoms with Crippen LogP contribution in [0.2, 0.25) is 0 Å². The first kappa shape index (κ1) is 12.4. The quantitative estimate of drug-likeness (QED) is 0.794. The molecule has 15 heavy (non-hydrogen) atoms. The van der Waals surface area contributed by atoms with E-state index in [9.17, 15) is 13.2 Å². The average molecular weight is 235 g/mol. The molecule has 0 aliphatic heterocycles. The Morgan fingerprint density at radius 3 is 1.87 bits per heavy atom. The van der Waals surface area contributed by atoms with Crippen LogP contribution in [-0.2, 0) is 5.54 Å². The molecule has 1 nitrogen and oxygen atoms in total. The van der Waals surface area contributed by atoms with E-state index in [-0.39, 0.29) is 16.7 Å². The molecular weight excluding hydrogens is 223 g/mol. The smallest absolute Gasteiger partial charge is 0.322 e. The summed E-state index contributed by atoms with van der Waals surface area (Å²) >= 11 is -0.121. The lowest BCUT2D eigenvalue weighted by Crippen LogP contribution is -2.28. The fourth-order valence-corrected chi connectivity index (χ4v) is 1.63. The Morgan fingerprint density at radius 2 is 1.53 bits per heavy atom. The first-order chi connectivity index (χ1) is 6.68. The summed E-state index contributed by atoms with van der Waals surface area (Å²) in [6.07, 6.45) is 0. The third-order valence-electron chi connectivity index (χ3n) is 1.83. The van der Waals surface area contributed by atoms with Gasteiger partial charge in [0, 0.05) is 10.4 Å². The van der Waals surface area contributed by atoms with Crippen molar-refractivity contribution >= 4 is 11.8 Å². The maximum Gasteiger partial charge on any atom is 0.446 e. The van der Waals surface area contributed by atoms with Gasteiger partial charge in [-0.1, -0.05) is 12.1 Å². The number of halogens is 3. The molecule has 2 N–H and O–H groups in total. The first-order valence-electron chi connectivity index (χ1n) is 4.34. The summed E-state index contributed by atoms with van der Waals surface area (Å²) in [4.78, 5) is 0.176. The van der Waals surface area contributed by atoms with Gasteiger partial charge in [-0.2, -0.15) is 13.2 Å². The Morgan fingerprint density at radius 1 is 1.07 bits per heavy atom. The predicted molar refractivity (Wildman–Crippen MR) is 55.6 cm³/mol. The van der Waals surface area contributed by atoms with E-state index in [2.05, 4.69) is 0 Å². The Balaban J connectivity index is 2.82. The monoisotopic (exact) mass is 235 g/mol. The molecule has 1 rings (SSSR count). The second kappa shape index (κ2) is 4.06. The van der Waals surface area contributed by atoms with Gasteiger partial charge in [-0.3, -0.25) is 0 Å². The molecule has 84 valence electrons. The van der Waals surface area contributed by atoms with E-state index >= 15 is 0 Å². The van der Waals surface area contributed by atoms with E-state index in [0.717, 1.165) is 5.56 Å². The molecule has 5 heteroatoms. The fourth-order valence-electron chi connectivity index (χ4n) is 1.09. The minimum atomic E-state index is -4.24. The normalized spacial score (nSPS) is 12.9. The van der Waals surface area contributed by atoms with E-state index in [1.807, 2.05) is 0 Å². The van der Waals surface area contributed by atoms with Crippen LogP contribution in [0.4, 0.5) is 13.2 Å². The molecule has 1 aromatic carbocycles. The second-order valence-electron chi connectivity index (χ2n) is 3.79. The lowest BCUT2D eigenvalue weighted by molar-refractivity contribution is -0.0328. The maximum absolute atomic E-state index is 12.0.